The van der Waals surface area contributed by atoms with Crippen LogP contribution in [0.15, 0.2) is 29.1 Å². The summed E-state index contributed by atoms with van der Waals surface area (Å²) in [7, 11) is 5.40. The van der Waals surface area contributed by atoms with Gasteiger partial charge < -0.3 is 9.80 Å². The van der Waals surface area contributed by atoms with Crippen molar-refractivity contribution in [3.63, 3.8) is 0 Å². The molecule has 1 aliphatic heterocycles. The van der Waals surface area contributed by atoms with Crippen LogP contribution in [-0.4, -0.2) is 65.9 Å². The first-order valence-electron chi connectivity index (χ1n) is 9.59. The first-order chi connectivity index (χ1) is 14.4. The van der Waals surface area contributed by atoms with E-state index in [1.54, 1.807) is 19.0 Å². The Hall–Kier alpha value is -2.59. The van der Waals surface area contributed by atoms with Gasteiger partial charge in [-0.25, -0.2) is 4.98 Å². The van der Waals surface area contributed by atoms with E-state index >= 15 is 0 Å². The molecule has 1 saturated heterocycles. The monoisotopic (exact) mass is 457 g/mol. The summed E-state index contributed by atoms with van der Waals surface area (Å²) in [4.78, 5) is 36.9. The van der Waals surface area contributed by atoms with Gasteiger partial charge in [-0.05, 0) is 31.7 Å². The van der Waals surface area contributed by atoms with E-state index in [0.717, 1.165) is 12.1 Å². The van der Waals surface area contributed by atoms with Crippen molar-refractivity contribution >= 4 is 23.5 Å². The largest absolute Gasteiger partial charge is 0.416 e. The number of aromatic nitrogens is 2. The van der Waals surface area contributed by atoms with Crippen LogP contribution in [0.3, 0.4) is 0 Å². The minimum atomic E-state index is -4.58. The summed E-state index contributed by atoms with van der Waals surface area (Å²) in [5, 5.41) is -0.136. The van der Waals surface area contributed by atoms with E-state index in [0.29, 0.717) is 37.7 Å². The maximum absolute atomic E-state index is 13.0. The molecule has 1 fully saturated rings. The lowest BCUT2D eigenvalue weighted by Gasteiger charge is -2.25. The maximum Gasteiger partial charge on any atom is 0.416 e. The van der Waals surface area contributed by atoms with Crippen LogP contribution in [-0.2, 0) is 12.7 Å². The van der Waals surface area contributed by atoms with Crippen LogP contribution in [0.1, 0.15) is 28.0 Å². The summed E-state index contributed by atoms with van der Waals surface area (Å²) >= 11 is 5.81. The van der Waals surface area contributed by atoms with Gasteiger partial charge in [-0.2, -0.15) is 13.2 Å². The zero-order valence-corrected chi connectivity index (χ0v) is 18.1. The second-order valence-corrected chi connectivity index (χ2v) is 8.23. The van der Waals surface area contributed by atoms with E-state index < -0.39 is 17.6 Å². The molecular formula is C20H23ClF3N5O2. The zero-order chi connectivity index (χ0) is 22.9. The Bertz CT molecular complexity index is 1020. The van der Waals surface area contributed by atoms with Gasteiger partial charge >= 0.3 is 6.18 Å². The van der Waals surface area contributed by atoms with Crippen molar-refractivity contribution in [2.24, 2.45) is 0 Å². The zero-order valence-electron chi connectivity index (χ0n) is 17.3. The van der Waals surface area contributed by atoms with Crippen LogP contribution >= 0.6 is 11.6 Å². The average Bonchev–Trinajstić information content (AvgIpc) is 3.16. The molecule has 2 aromatic rings. The van der Waals surface area contributed by atoms with Crippen molar-refractivity contribution in [3.8, 4) is 0 Å². The molecule has 1 aromatic heterocycles. The van der Waals surface area contributed by atoms with Crippen LogP contribution in [0.4, 0.5) is 19.1 Å². The predicted octanol–water partition coefficient (Wildman–Crippen LogP) is 2.85. The molecule has 1 atom stereocenters. The van der Waals surface area contributed by atoms with Crippen molar-refractivity contribution in [1.29, 1.82) is 0 Å². The summed E-state index contributed by atoms with van der Waals surface area (Å²) < 4.78 is 39.1. The third kappa shape index (κ3) is 5.56. The Labute approximate surface area is 182 Å². The number of carbonyl (C=O) groups is 1. The molecule has 1 aromatic carbocycles. The quantitative estimate of drug-likeness (QED) is 0.747. The number of aromatic amines is 1. The number of hydrogen-bond acceptors (Lipinski definition) is 5. The lowest BCUT2D eigenvalue weighted by Crippen LogP contribution is -2.36. The molecule has 1 unspecified atom stereocenters. The van der Waals surface area contributed by atoms with Crippen molar-refractivity contribution in [2.75, 3.05) is 39.1 Å². The first-order valence-corrected chi connectivity index (χ1v) is 9.96. The molecule has 1 aliphatic rings. The predicted molar refractivity (Wildman–Crippen MR) is 111 cm³/mol. The molecule has 0 aliphatic carbocycles. The van der Waals surface area contributed by atoms with Crippen molar-refractivity contribution in [3.05, 3.63) is 56.5 Å². The summed E-state index contributed by atoms with van der Waals surface area (Å²) in [6, 6.07) is 4.28. The second-order valence-electron chi connectivity index (χ2n) is 7.79. The molecule has 168 valence electrons. The second kappa shape index (κ2) is 8.88. The topological polar surface area (TPSA) is 72.5 Å². The van der Waals surface area contributed by atoms with E-state index in [1.807, 2.05) is 11.9 Å². The molecule has 1 amide bonds. The number of nitrogens with zero attached hydrogens (tertiary/aromatic N) is 4. The Kier molecular flexibility index (Phi) is 6.61. The third-order valence-corrected chi connectivity index (χ3v) is 5.38. The number of H-pyrrole nitrogens is 1. The van der Waals surface area contributed by atoms with Gasteiger partial charge in [0, 0.05) is 56.4 Å². The molecule has 0 saturated carbocycles. The lowest BCUT2D eigenvalue weighted by atomic mass is 10.1. The lowest BCUT2D eigenvalue weighted by molar-refractivity contribution is -0.137. The van der Waals surface area contributed by atoms with Gasteiger partial charge in [-0.1, -0.05) is 11.6 Å². The average molecular weight is 458 g/mol. The number of halogens is 4. The Morgan fingerprint density at radius 3 is 2.61 bits per heavy atom. The third-order valence-electron chi connectivity index (χ3n) is 5.16. The van der Waals surface area contributed by atoms with Gasteiger partial charge in [0.05, 0.1) is 11.3 Å². The van der Waals surface area contributed by atoms with Crippen LogP contribution in [0.25, 0.3) is 0 Å². The van der Waals surface area contributed by atoms with Crippen LogP contribution in [0, 0.1) is 0 Å². The highest BCUT2D eigenvalue weighted by molar-refractivity contribution is 6.31. The number of anilines is 1. The summed E-state index contributed by atoms with van der Waals surface area (Å²) in [5.74, 6) is -0.0476. The molecular weight excluding hydrogens is 435 g/mol. The molecule has 0 spiro atoms. The number of nitrogens with one attached hydrogen (secondary N) is 1. The minimum Gasteiger partial charge on any atom is -0.348 e. The highest BCUT2D eigenvalue weighted by Crippen LogP contribution is 2.32. The van der Waals surface area contributed by atoms with Gasteiger partial charge in [0.1, 0.15) is 0 Å². The van der Waals surface area contributed by atoms with Gasteiger partial charge in [0.2, 0.25) is 5.95 Å². The van der Waals surface area contributed by atoms with Gasteiger partial charge in [-0.3, -0.25) is 19.5 Å². The molecule has 1 N–H and O–H groups in total. The number of hydrogen-bond donors (Lipinski definition) is 1. The van der Waals surface area contributed by atoms with E-state index in [2.05, 4.69) is 9.97 Å². The summed E-state index contributed by atoms with van der Waals surface area (Å²) in [6.45, 7) is 1.16. The van der Waals surface area contributed by atoms with Gasteiger partial charge in [-0.15, -0.1) is 0 Å². The minimum absolute atomic E-state index is 0.0193. The number of amides is 1. The van der Waals surface area contributed by atoms with E-state index in [9.17, 15) is 22.8 Å². The number of likely N-dealkylation sites (tertiary alicyclic amines) is 1. The molecule has 11 heteroatoms. The van der Waals surface area contributed by atoms with Crippen molar-refractivity contribution < 1.29 is 18.0 Å². The van der Waals surface area contributed by atoms with E-state index in [4.69, 9.17) is 11.6 Å². The molecule has 31 heavy (non-hydrogen) atoms. The number of carbonyl (C=O) groups excluding carboxylic acids is 1. The first kappa shape index (κ1) is 23.1. The van der Waals surface area contributed by atoms with Gasteiger partial charge in [0.15, 0.2) is 0 Å². The fourth-order valence-electron chi connectivity index (χ4n) is 3.52. The standard InChI is InChI=1S/C20H23ClF3N5O2/c1-27(2)19-25-15(9-17(30)26-19)10-28(3)16-4-5-29(11-16)18(31)12-6-13(20(22,23)24)8-14(21)7-12/h6-9,16H,4-5,10-11H2,1-3H3,(H,25,26,30). The van der Waals surface area contributed by atoms with Crippen molar-refractivity contribution in [1.82, 2.24) is 19.8 Å². The molecule has 2 heterocycles. The number of likely N-dealkylation sites (N-methyl/N-ethyl adjacent to an activating group) is 1. The number of rotatable bonds is 5. The smallest absolute Gasteiger partial charge is 0.348 e. The number of alkyl halides is 3. The van der Waals surface area contributed by atoms with E-state index in [1.165, 1.54) is 17.0 Å². The molecule has 7 nitrogen and oxygen atoms in total. The van der Waals surface area contributed by atoms with Crippen LogP contribution < -0.4 is 10.5 Å². The Morgan fingerprint density at radius 2 is 1.97 bits per heavy atom. The highest BCUT2D eigenvalue weighted by atomic mass is 35.5. The van der Waals surface area contributed by atoms with Crippen LogP contribution in [0.5, 0.6) is 0 Å². The Morgan fingerprint density at radius 1 is 1.26 bits per heavy atom. The van der Waals surface area contributed by atoms with E-state index in [-0.39, 0.29) is 22.2 Å². The van der Waals surface area contributed by atoms with Crippen LogP contribution in [0.2, 0.25) is 5.02 Å². The maximum atomic E-state index is 13.0. The van der Waals surface area contributed by atoms with Crippen molar-refractivity contribution in [2.45, 2.75) is 25.2 Å². The normalized spacial score (nSPS) is 16.8. The summed E-state index contributed by atoms with van der Waals surface area (Å²) in [5.41, 5.74) is -0.709. The SMILES string of the molecule is CN(C)c1nc(CN(C)C2CCN(C(=O)c3cc(Cl)cc(C(F)(F)F)c3)C2)cc(=O)[nH]1. The Balaban J connectivity index is 1.70. The fraction of sp³-hybridized carbons (Fsp3) is 0.450. The van der Waals surface area contributed by atoms with Gasteiger partial charge in [0.25, 0.3) is 11.5 Å². The molecule has 0 radical (unpaired) electrons. The molecule has 0 bridgehead atoms. The fourth-order valence-corrected chi connectivity index (χ4v) is 3.75. The molecule has 3 rings (SSSR count). The summed E-state index contributed by atoms with van der Waals surface area (Å²) in [6.07, 6.45) is -3.93. The highest BCUT2D eigenvalue weighted by Gasteiger charge is 2.34. The number of benzene rings is 1.